The number of piperidine rings is 1. The number of likely N-dealkylation sites (N-methyl/N-ethyl adjacent to an activating group) is 1. The second-order valence-electron chi connectivity index (χ2n) is 6.71. The first-order valence-corrected chi connectivity index (χ1v) is 8.25. The highest BCUT2D eigenvalue weighted by atomic mass is 35.5. The van der Waals surface area contributed by atoms with Gasteiger partial charge in [-0.2, -0.15) is 0 Å². The molecule has 23 heavy (non-hydrogen) atoms. The Bertz CT molecular complexity index is 522. The largest absolute Gasteiger partial charge is 0.497 e. The molecule has 0 saturated carbocycles. The number of methoxy groups -OCH3 is 1. The lowest BCUT2D eigenvalue weighted by Gasteiger charge is -2.36. The Labute approximate surface area is 145 Å². The highest BCUT2D eigenvalue weighted by molar-refractivity contribution is 5.85. The van der Waals surface area contributed by atoms with Gasteiger partial charge >= 0.3 is 0 Å². The Morgan fingerprint density at radius 3 is 2.30 bits per heavy atom. The monoisotopic (exact) mass is 338 g/mol. The molecule has 2 bridgehead atoms. The molecule has 0 aromatic heterocycles. The number of nitrogens with zero attached hydrogens (tertiary/aromatic N) is 1. The SMILES string of the molecule is COc1ccc(C(C)C(=O)N(C)C2CC3CCC(C2)N3)cc1.Cl. The fourth-order valence-electron chi connectivity index (χ4n) is 3.86. The van der Waals surface area contributed by atoms with Gasteiger partial charge in [-0.05, 0) is 50.3 Å². The number of hydrogen-bond acceptors (Lipinski definition) is 3. The zero-order valence-corrected chi connectivity index (χ0v) is 14.9. The van der Waals surface area contributed by atoms with Crippen molar-refractivity contribution in [3.63, 3.8) is 0 Å². The summed E-state index contributed by atoms with van der Waals surface area (Å²) in [5.41, 5.74) is 1.05. The van der Waals surface area contributed by atoms with Crippen LogP contribution in [0.2, 0.25) is 0 Å². The first-order valence-electron chi connectivity index (χ1n) is 8.25. The molecule has 2 saturated heterocycles. The van der Waals surface area contributed by atoms with Gasteiger partial charge in [0.2, 0.25) is 5.91 Å². The molecule has 5 heteroatoms. The number of amides is 1. The number of carbonyl (C=O) groups excluding carboxylic acids is 1. The first kappa shape index (κ1) is 18.1. The molecule has 3 atom stereocenters. The third-order valence-electron chi connectivity index (χ3n) is 5.33. The van der Waals surface area contributed by atoms with Gasteiger partial charge in [0.1, 0.15) is 5.75 Å². The van der Waals surface area contributed by atoms with E-state index in [1.165, 1.54) is 12.8 Å². The molecule has 1 N–H and O–H groups in total. The molecule has 1 amide bonds. The van der Waals surface area contributed by atoms with Crippen molar-refractivity contribution in [3.8, 4) is 5.75 Å². The van der Waals surface area contributed by atoms with Crippen LogP contribution in [0.25, 0.3) is 0 Å². The topological polar surface area (TPSA) is 41.6 Å². The average molecular weight is 339 g/mol. The van der Waals surface area contributed by atoms with Gasteiger partial charge in [0.25, 0.3) is 0 Å². The maximum absolute atomic E-state index is 12.8. The summed E-state index contributed by atoms with van der Waals surface area (Å²) < 4.78 is 5.18. The van der Waals surface area contributed by atoms with Crippen molar-refractivity contribution in [3.05, 3.63) is 29.8 Å². The third-order valence-corrected chi connectivity index (χ3v) is 5.33. The minimum absolute atomic E-state index is 0. The molecule has 1 aromatic rings. The van der Waals surface area contributed by atoms with Gasteiger partial charge in [0, 0.05) is 25.2 Å². The Hall–Kier alpha value is -1.26. The molecule has 0 spiro atoms. The van der Waals surface area contributed by atoms with E-state index in [4.69, 9.17) is 4.74 Å². The maximum atomic E-state index is 12.8. The zero-order valence-electron chi connectivity index (χ0n) is 14.1. The summed E-state index contributed by atoms with van der Waals surface area (Å²) in [5, 5.41) is 3.64. The van der Waals surface area contributed by atoms with Crippen LogP contribution in [0, 0.1) is 0 Å². The van der Waals surface area contributed by atoms with Crippen molar-refractivity contribution in [2.24, 2.45) is 0 Å². The number of rotatable bonds is 4. The van der Waals surface area contributed by atoms with Crippen LogP contribution in [0.15, 0.2) is 24.3 Å². The molecule has 2 heterocycles. The van der Waals surface area contributed by atoms with Crippen LogP contribution < -0.4 is 10.1 Å². The number of fused-ring (bicyclic) bond motifs is 2. The molecular formula is C18H27ClN2O2. The van der Waals surface area contributed by atoms with Crippen molar-refractivity contribution in [1.29, 1.82) is 0 Å². The minimum atomic E-state index is -0.108. The molecular weight excluding hydrogens is 312 g/mol. The number of hydrogen-bond donors (Lipinski definition) is 1. The normalized spacial score (nSPS) is 27.0. The predicted molar refractivity (Wildman–Crippen MR) is 94.4 cm³/mol. The van der Waals surface area contributed by atoms with Gasteiger partial charge in [0.05, 0.1) is 13.0 Å². The lowest BCUT2D eigenvalue weighted by atomic mass is 9.95. The first-order chi connectivity index (χ1) is 10.6. The quantitative estimate of drug-likeness (QED) is 0.917. The van der Waals surface area contributed by atoms with E-state index >= 15 is 0 Å². The zero-order chi connectivity index (χ0) is 15.7. The molecule has 4 nitrogen and oxygen atoms in total. The van der Waals surface area contributed by atoms with E-state index in [-0.39, 0.29) is 24.2 Å². The third kappa shape index (κ3) is 3.81. The molecule has 3 unspecified atom stereocenters. The Morgan fingerprint density at radius 2 is 1.78 bits per heavy atom. The van der Waals surface area contributed by atoms with Crippen LogP contribution in [0.1, 0.15) is 44.1 Å². The van der Waals surface area contributed by atoms with Crippen molar-refractivity contribution in [1.82, 2.24) is 10.2 Å². The molecule has 2 aliphatic heterocycles. The fraction of sp³-hybridized carbons (Fsp3) is 0.611. The molecule has 1 aromatic carbocycles. The molecule has 0 radical (unpaired) electrons. The Kier molecular flexibility index (Phi) is 5.93. The van der Waals surface area contributed by atoms with Gasteiger partial charge in [-0.15, -0.1) is 12.4 Å². The highest BCUT2D eigenvalue weighted by Crippen LogP contribution is 2.31. The predicted octanol–water partition coefficient (Wildman–Crippen LogP) is 2.96. The Morgan fingerprint density at radius 1 is 1.22 bits per heavy atom. The molecule has 0 aliphatic carbocycles. The smallest absolute Gasteiger partial charge is 0.229 e. The lowest BCUT2D eigenvalue weighted by Crippen LogP contribution is -2.49. The summed E-state index contributed by atoms with van der Waals surface area (Å²) in [6.45, 7) is 2.00. The molecule has 2 aliphatic rings. The van der Waals surface area contributed by atoms with E-state index in [1.807, 2.05) is 43.1 Å². The lowest BCUT2D eigenvalue weighted by molar-refractivity contribution is -0.133. The highest BCUT2D eigenvalue weighted by Gasteiger charge is 2.37. The second-order valence-corrected chi connectivity index (χ2v) is 6.71. The summed E-state index contributed by atoms with van der Waals surface area (Å²) >= 11 is 0. The molecule has 3 rings (SSSR count). The van der Waals surface area contributed by atoms with Gasteiger partial charge in [-0.25, -0.2) is 0 Å². The van der Waals surface area contributed by atoms with E-state index in [0.29, 0.717) is 18.1 Å². The number of carbonyl (C=O) groups is 1. The van der Waals surface area contributed by atoms with Crippen molar-refractivity contribution in [2.45, 2.75) is 56.7 Å². The average Bonchev–Trinajstić information content (AvgIpc) is 2.90. The summed E-state index contributed by atoms with van der Waals surface area (Å²) in [6.07, 6.45) is 4.70. The van der Waals surface area contributed by atoms with Crippen LogP contribution in [-0.4, -0.2) is 43.1 Å². The summed E-state index contributed by atoms with van der Waals surface area (Å²) in [6, 6.07) is 9.41. The van der Waals surface area contributed by atoms with Crippen LogP contribution >= 0.6 is 12.4 Å². The maximum Gasteiger partial charge on any atom is 0.229 e. The van der Waals surface area contributed by atoms with Gasteiger partial charge in [-0.3, -0.25) is 4.79 Å². The van der Waals surface area contributed by atoms with E-state index in [1.54, 1.807) is 7.11 Å². The van der Waals surface area contributed by atoms with E-state index < -0.39 is 0 Å². The standard InChI is InChI=1S/C18H26N2O2.ClH/c1-12(13-4-8-17(22-3)9-5-13)18(21)20(2)16-10-14-6-7-15(11-16)19-14;/h4-5,8-9,12,14-16,19H,6-7,10-11H2,1-3H3;1H. The summed E-state index contributed by atoms with van der Waals surface area (Å²) in [4.78, 5) is 14.8. The van der Waals surface area contributed by atoms with E-state index in [2.05, 4.69) is 5.32 Å². The van der Waals surface area contributed by atoms with Crippen molar-refractivity contribution >= 4 is 18.3 Å². The number of halogens is 1. The summed E-state index contributed by atoms with van der Waals surface area (Å²) in [5.74, 6) is 0.937. The van der Waals surface area contributed by atoms with E-state index in [9.17, 15) is 4.79 Å². The van der Waals surface area contributed by atoms with Gasteiger partial charge in [0.15, 0.2) is 0 Å². The molecule has 128 valence electrons. The van der Waals surface area contributed by atoms with Crippen LogP contribution in [-0.2, 0) is 4.79 Å². The number of ether oxygens (including phenoxy) is 1. The second kappa shape index (κ2) is 7.54. The van der Waals surface area contributed by atoms with Gasteiger partial charge < -0.3 is 15.0 Å². The van der Waals surface area contributed by atoms with Gasteiger partial charge in [-0.1, -0.05) is 12.1 Å². The minimum Gasteiger partial charge on any atom is -0.497 e. The Balaban J connectivity index is 0.00000192. The summed E-state index contributed by atoms with van der Waals surface area (Å²) in [7, 11) is 3.63. The van der Waals surface area contributed by atoms with Crippen LogP contribution in [0.4, 0.5) is 0 Å². The van der Waals surface area contributed by atoms with Crippen LogP contribution in [0.3, 0.4) is 0 Å². The number of benzene rings is 1. The van der Waals surface area contributed by atoms with Crippen molar-refractivity contribution in [2.75, 3.05) is 14.2 Å². The molecule has 2 fully saturated rings. The van der Waals surface area contributed by atoms with Crippen molar-refractivity contribution < 1.29 is 9.53 Å². The van der Waals surface area contributed by atoms with Crippen LogP contribution in [0.5, 0.6) is 5.75 Å². The van der Waals surface area contributed by atoms with E-state index in [0.717, 1.165) is 24.2 Å². The number of nitrogens with one attached hydrogen (secondary N) is 1. The fourth-order valence-corrected chi connectivity index (χ4v) is 3.86.